The molecule has 1 aliphatic rings. The number of anilines is 1. The molecule has 16 heavy (non-hydrogen) atoms. The highest BCUT2D eigenvalue weighted by Gasteiger charge is 2.36. The lowest BCUT2D eigenvalue weighted by Gasteiger charge is -2.42. The summed E-state index contributed by atoms with van der Waals surface area (Å²) < 4.78 is 4.81. The first-order valence-corrected chi connectivity index (χ1v) is 5.56. The highest BCUT2D eigenvalue weighted by molar-refractivity contribution is 5.83. The molecule has 2 rings (SSSR count). The zero-order valence-corrected chi connectivity index (χ0v) is 9.99. The summed E-state index contributed by atoms with van der Waals surface area (Å²) in [6.45, 7) is 5.09. The van der Waals surface area contributed by atoms with E-state index in [-0.39, 0.29) is 12.0 Å². The lowest BCUT2D eigenvalue weighted by atomic mass is 9.98. The smallest absolute Gasteiger partial charge is 0.328 e. The van der Waals surface area contributed by atoms with Crippen molar-refractivity contribution in [3.63, 3.8) is 0 Å². The molecule has 1 aromatic carbocycles. The molecule has 86 valence electrons. The second-order valence-electron chi connectivity index (χ2n) is 4.26. The molecule has 1 saturated heterocycles. The zero-order valence-electron chi connectivity index (χ0n) is 9.99. The summed E-state index contributed by atoms with van der Waals surface area (Å²) >= 11 is 0. The predicted octanol–water partition coefficient (Wildman–Crippen LogP) is 2.06. The molecule has 1 atom stereocenters. The van der Waals surface area contributed by atoms with Gasteiger partial charge in [-0.2, -0.15) is 0 Å². The van der Waals surface area contributed by atoms with Crippen LogP contribution in [0.1, 0.15) is 17.5 Å². The number of ether oxygens (including phenoxy) is 1. The largest absolute Gasteiger partial charge is 0.467 e. The molecule has 1 aromatic rings. The molecule has 0 aromatic heterocycles. The summed E-state index contributed by atoms with van der Waals surface area (Å²) in [5.74, 6) is -0.131. The maximum atomic E-state index is 11.5. The van der Waals surface area contributed by atoms with Crippen LogP contribution in [0.4, 0.5) is 5.69 Å². The molecule has 0 radical (unpaired) electrons. The fraction of sp³-hybridized carbons (Fsp3) is 0.462. The number of carbonyl (C=O) groups excluding carboxylic acids is 1. The zero-order chi connectivity index (χ0) is 11.7. The van der Waals surface area contributed by atoms with E-state index in [2.05, 4.69) is 30.9 Å². The molecule has 0 N–H and O–H groups in total. The Balaban J connectivity index is 2.28. The molecule has 1 aliphatic heterocycles. The number of esters is 1. The van der Waals surface area contributed by atoms with Gasteiger partial charge in [0.15, 0.2) is 0 Å². The standard InChI is InChI=1S/C13H17NO2/c1-9-5-4-6-10(2)12(9)14-8-7-11(14)13(15)16-3/h4-6,11H,7-8H2,1-3H3. The summed E-state index contributed by atoms with van der Waals surface area (Å²) in [4.78, 5) is 13.7. The van der Waals surface area contributed by atoms with Gasteiger partial charge in [-0.05, 0) is 31.4 Å². The molecule has 1 unspecified atom stereocenters. The van der Waals surface area contributed by atoms with E-state index in [4.69, 9.17) is 4.74 Å². The second kappa shape index (κ2) is 4.16. The summed E-state index contributed by atoms with van der Waals surface area (Å²) in [5, 5.41) is 0. The SMILES string of the molecule is COC(=O)C1CCN1c1c(C)cccc1C. The van der Waals surface area contributed by atoms with Crippen LogP contribution < -0.4 is 4.90 Å². The highest BCUT2D eigenvalue weighted by atomic mass is 16.5. The van der Waals surface area contributed by atoms with Crippen molar-refractivity contribution in [1.29, 1.82) is 0 Å². The third kappa shape index (κ3) is 1.66. The van der Waals surface area contributed by atoms with E-state index in [0.717, 1.165) is 13.0 Å². The van der Waals surface area contributed by atoms with E-state index in [9.17, 15) is 4.79 Å². The third-order valence-electron chi connectivity index (χ3n) is 3.22. The normalized spacial score (nSPS) is 19.2. The Labute approximate surface area is 96.0 Å². The van der Waals surface area contributed by atoms with E-state index in [1.54, 1.807) is 0 Å². The van der Waals surface area contributed by atoms with Crippen molar-refractivity contribution < 1.29 is 9.53 Å². The third-order valence-corrected chi connectivity index (χ3v) is 3.22. The number of para-hydroxylation sites is 1. The number of nitrogens with zero attached hydrogens (tertiary/aromatic N) is 1. The van der Waals surface area contributed by atoms with Crippen LogP contribution in [0.3, 0.4) is 0 Å². The second-order valence-corrected chi connectivity index (χ2v) is 4.26. The van der Waals surface area contributed by atoms with Crippen molar-refractivity contribution in [3.8, 4) is 0 Å². The van der Waals surface area contributed by atoms with Gasteiger partial charge in [-0.1, -0.05) is 18.2 Å². The molecule has 0 spiro atoms. The number of benzene rings is 1. The Hall–Kier alpha value is -1.51. The molecule has 3 nitrogen and oxygen atoms in total. The maximum Gasteiger partial charge on any atom is 0.328 e. The molecular formula is C13H17NO2. The van der Waals surface area contributed by atoms with Gasteiger partial charge in [-0.25, -0.2) is 4.79 Å². The van der Waals surface area contributed by atoms with Gasteiger partial charge in [0.05, 0.1) is 7.11 Å². The van der Waals surface area contributed by atoms with Crippen LogP contribution in [0.2, 0.25) is 0 Å². The topological polar surface area (TPSA) is 29.5 Å². The number of methoxy groups -OCH3 is 1. The predicted molar refractivity (Wildman–Crippen MR) is 63.7 cm³/mol. The number of rotatable bonds is 2. The minimum absolute atomic E-state index is 0.0928. The van der Waals surface area contributed by atoms with Crippen molar-refractivity contribution in [1.82, 2.24) is 0 Å². The first kappa shape index (κ1) is 11.0. The van der Waals surface area contributed by atoms with Gasteiger partial charge < -0.3 is 9.64 Å². The molecule has 0 amide bonds. The van der Waals surface area contributed by atoms with E-state index in [1.807, 2.05) is 6.07 Å². The first-order chi connectivity index (χ1) is 7.65. The molecule has 0 aliphatic carbocycles. The van der Waals surface area contributed by atoms with Crippen LogP contribution in [0, 0.1) is 13.8 Å². The summed E-state index contributed by atoms with van der Waals surface area (Å²) in [6.07, 6.45) is 0.889. The molecule has 1 heterocycles. The summed E-state index contributed by atoms with van der Waals surface area (Å²) in [6, 6.07) is 6.11. The van der Waals surface area contributed by atoms with Gasteiger partial charge >= 0.3 is 5.97 Å². The van der Waals surface area contributed by atoms with Crippen LogP contribution >= 0.6 is 0 Å². The maximum absolute atomic E-state index is 11.5. The van der Waals surface area contributed by atoms with Gasteiger partial charge in [0, 0.05) is 12.2 Å². The van der Waals surface area contributed by atoms with Crippen molar-refractivity contribution in [2.75, 3.05) is 18.6 Å². The summed E-state index contributed by atoms with van der Waals surface area (Å²) in [7, 11) is 1.45. The van der Waals surface area contributed by atoms with Crippen LogP contribution in [0.15, 0.2) is 18.2 Å². The van der Waals surface area contributed by atoms with E-state index in [0.29, 0.717) is 0 Å². The van der Waals surface area contributed by atoms with Gasteiger partial charge in [-0.3, -0.25) is 0 Å². The number of aryl methyl sites for hydroxylation is 2. The van der Waals surface area contributed by atoms with Gasteiger partial charge in [0.25, 0.3) is 0 Å². The average molecular weight is 219 g/mol. The van der Waals surface area contributed by atoms with Crippen molar-refractivity contribution in [2.24, 2.45) is 0 Å². The Kier molecular flexibility index (Phi) is 2.86. The Morgan fingerprint density at radius 1 is 1.38 bits per heavy atom. The Morgan fingerprint density at radius 2 is 2.00 bits per heavy atom. The van der Waals surface area contributed by atoms with Crippen LogP contribution in [0.25, 0.3) is 0 Å². The number of carbonyl (C=O) groups is 1. The highest BCUT2D eigenvalue weighted by Crippen LogP contribution is 2.32. The van der Waals surface area contributed by atoms with E-state index >= 15 is 0 Å². The Morgan fingerprint density at radius 3 is 2.44 bits per heavy atom. The molecule has 0 bridgehead atoms. The van der Waals surface area contributed by atoms with Crippen LogP contribution in [-0.2, 0) is 9.53 Å². The summed E-state index contributed by atoms with van der Waals surface area (Å²) in [5.41, 5.74) is 3.62. The lowest BCUT2D eigenvalue weighted by molar-refractivity contribution is -0.143. The van der Waals surface area contributed by atoms with Crippen molar-refractivity contribution in [3.05, 3.63) is 29.3 Å². The number of hydrogen-bond donors (Lipinski definition) is 0. The molecule has 0 saturated carbocycles. The monoisotopic (exact) mass is 219 g/mol. The van der Waals surface area contributed by atoms with Gasteiger partial charge in [0.1, 0.15) is 6.04 Å². The van der Waals surface area contributed by atoms with Crippen molar-refractivity contribution >= 4 is 11.7 Å². The molecular weight excluding hydrogens is 202 g/mol. The van der Waals surface area contributed by atoms with Crippen molar-refractivity contribution in [2.45, 2.75) is 26.3 Å². The van der Waals surface area contributed by atoms with Crippen LogP contribution in [-0.4, -0.2) is 25.7 Å². The van der Waals surface area contributed by atoms with E-state index in [1.165, 1.54) is 23.9 Å². The van der Waals surface area contributed by atoms with Gasteiger partial charge in [-0.15, -0.1) is 0 Å². The first-order valence-electron chi connectivity index (χ1n) is 5.56. The van der Waals surface area contributed by atoms with E-state index < -0.39 is 0 Å². The average Bonchev–Trinajstić information content (AvgIpc) is 2.21. The minimum atomic E-state index is -0.131. The quantitative estimate of drug-likeness (QED) is 0.713. The Bertz CT molecular complexity index is 394. The van der Waals surface area contributed by atoms with Crippen LogP contribution in [0.5, 0.6) is 0 Å². The number of hydrogen-bond acceptors (Lipinski definition) is 3. The fourth-order valence-corrected chi connectivity index (χ4v) is 2.29. The minimum Gasteiger partial charge on any atom is -0.467 e. The van der Waals surface area contributed by atoms with Gasteiger partial charge in [0.2, 0.25) is 0 Å². The molecule has 3 heteroatoms. The lowest BCUT2D eigenvalue weighted by Crippen LogP contribution is -2.53. The fourth-order valence-electron chi connectivity index (χ4n) is 2.29. The molecule has 1 fully saturated rings.